The molecule has 0 saturated heterocycles. The van der Waals surface area contributed by atoms with Gasteiger partial charge < -0.3 is 10.2 Å². The van der Waals surface area contributed by atoms with Crippen LogP contribution in [0.15, 0.2) is 53.9 Å². The average Bonchev–Trinajstić information content (AvgIpc) is 3.14. The van der Waals surface area contributed by atoms with E-state index in [9.17, 15) is 4.79 Å². The number of carbonyl (C=O) groups excluding carboxylic acids is 1. The molecule has 4 rings (SSSR count). The molecule has 2 heterocycles. The Balaban J connectivity index is 1.80. The minimum Gasteiger partial charge on any atom is -0.357 e. The molecule has 0 radical (unpaired) electrons. The van der Waals surface area contributed by atoms with E-state index in [0.29, 0.717) is 0 Å². The van der Waals surface area contributed by atoms with Crippen molar-refractivity contribution in [2.24, 2.45) is 0 Å². The first-order valence-electron chi connectivity index (χ1n) is 7.18. The van der Waals surface area contributed by atoms with E-state index in [1.54, 1.807) is 11.3 Å². The van der Waals surface area contributed by atoms with Crippen LogP contribution >= 0.6 is 11.3 Å². The molecule has 1 aliphatic carbocycles. The predicted molar refractivity (Wildman–Crippen MR) is 85.7 cm³/mol. The third-order valence-corrected chi connectivity index (χ3v) is 5.04. The van der Waals surface area contributed by atoms with Gasteiger partial charge in [-0.1, -0.05) is 30.4 Å². The molecule has 0 spiro atoms. The Hall–Kier alpha value is -2.07. The number of amides is 1. The van der Waals surface area contributed by atoms with Crippen molar-refractivity contribution in [3.05, 3.63) is 64.4 Å². The van der Waals surface area contributed by atoms with Crippen molar-refractivity contribution in [3.63, 3.8) is 0 Å². The maximum Gasteiger partial charge on any atom is 0.253 e. The van der Waals surface area contributed by atoms with Gasteiger partial charge in [0.25, 0.3) is 5.91 Å². The SMILES string of the molecule is O=C1N[C@H]2CC=C[C@H]2N(Cc2cccs2)c2ccccc21. The van der Waals surface area contributed by atoms with E-state index in [2.05, 4.69) is 45.9 Å². The Labute approximate surface area is 127 Å². The summed E-state index contributed by atoms with van der Waals surface area (Å²) in [7, 11) is 0. The quantitative estimate of drug-likeness (QED) is 0.863. The molecule has 4 heteroatoms. The minimum absolute atomic E-state index is 0.0398. The third kappa shape index (κ3) is 2.16. The molecular weight excluding hydrogens is 280 g/mol. The highest BCUT2D eigenvalue weighted by molar-refractivity contribution is 7.09. The zero-order valence-electron chi connectivity index (χ0n) is 11.5. The Bertz CT molecular complexity index is 693. The number of para-hydroxylation sites is 1. The van der Waals surface area contributed by atoms with Crippen LogP contribution in [0.3, 0.4) is 0 Å². The summed E-state index contributed by atoms with van der Waals surface area (Å²) >= 11 is 1.76. The maximum atomic E-state index is 12.4. The summed E-state index contributed by atoms with van der Waals surface area (Å²) in [6, 6.07) is 12.5. The smallest absolute Gasteiger partial charge is 0.253 e. The van der Waals surface area contributed by atoms with Crippen LogP contribution in [0.5, 0.6) is 0 Å². The van der Waals surface area contributed by atoms with E-state index in [-0.39, 0.29) is 18.0 Å². The molecule has 3 nitrogen and oxygen atoms in total. The Morgan fingerprint density at radius 2 is 2.14 bits per heavy atom. The van der Waals surface area contributed by atoms with Gasteiger partial charge in [-0.25, -0.2) is 0 Å². The molecule has 2 aliphatic rings. The van der Waals surface area contributed by atoms with Crippen LogP contribution in [-0.4, -0.2) is 18.0 Å². The number of fused-ring (bicyclic) bond motifs is 2. The van der Waals surface area contributed by atoms with E-state index in [0.717, 1.165) is 24.2 Å². The van der Waals surface area contributed by atoms with Gasteiger partial charge in [0.05, 0.1) is 29.9 Å². The summed E-state index contributed by atoms with van der Waals surface area (Å²) in [4.78, 5) is 16.1. The molecule has 21 heavy (non-hydrogen) atoms. The van der Waals surface area contributed by atoms with Crippen LogP contribution in [0, 0.1) is 0 Å². The molecule has 2 atom stereocenters. The molecule has 0 bridgehead atoms. The van der Waals surface area contributed by atoms with Crippen LogP contribution in [0.1, 0.15) is 21.7 Å². The van der Waals surface area contributed by atoms with Gasteiger partial charge in [0.2, 0.25) is 0 Å². The summed E-state index contributed by atoms with van der Waals surface area (Å²) in [6.07, 6.45) is 5.30. The van der Waals surface area contributed by atoms with Crippen LogP contribution in [0.2, 0.25) is 0 Å². The van der Waals surface area contributed by atoms with Gasteiger partial charge >= 0.3 is 0 Å². The van der Waals surface area contributed by atoms with Crippen molar-refractivity contribution in [2.45, 2.75) is 25.0 Å². The van der Waals surface area contributed by atoms with Gasteiger partial charge in [0.1, 0.15) is 0 Å². The normalized spacial score (nSPS) is 23.4. The largest absolute Gasteiger partial charge is 0.357 e. The topological polar surface area (TPSA) is 32.3 Å². The molecule has 0 unspecified atom stereocenters. The Morgan fingerprint density at radius 1 is 1.24 bits per heavy atom. The number of hydrogen-bond donors (Lipinski definition) is 1. The van der Waals surface area contributed by atoms with Crippen molar-refractivity contribution in [2.75, 3.05) is 4.90 Å². The Morgan fingerprint density at radius 3 is 3.00 bits per heavy atom. The minimum atomic E-state index is 0.0398. The van der Waals surface area contributed by atoms with Crippen LogP contribution < -0.4 is 10.2 Å². The lowest BCUT2D eigenvalue weighted by Gasteiger charge is -2.32. The number of benzene rings is 1. The number of nitrogens with one attached hydrogen (secondary N) is 1. The van der Waals surface area contributed by atoms with Crippen molar-refractivity contribution in [1.82, 2.24) is 5.32 Å². The fraction of sp³-hybridized carbons (Fsp3) is 0.235. The van der Waals surface area contributed by atoms with Crippen LogP contribution in [-0.2, 0) is 6.54 Å². The lowest BCUT2D eigenvalue weighted by Crippen LogP contribution is -2.45. The fourth-order valence-corrected chi connectivity index (χ4v) is 3.89. The summed E-state index contributed by atoms with van der Waals surface area (Å²) in [5.74, 6) is 0.0398. The highest BCUT2D eigenvalue weighted by Crippen LogP contribution is 2.32. The molecular formula is C17H16N2OS. The van der Waals surface area contributed by atoms with Gasteiger partial charge in [-0.2, -0.15) is 0 Å². The van der Waals surface area contributed by atoms with E-state index in [1.807, 2.05) is 18.2 Å². The second-order valence-corrected chi connectivity index (χ2v) is 6.49. The molecule has 0 fully saturated rings. The number of carbonyl (C=O) groups is 1. The first-order chi connectivity index (χ1) is 10.3. The second kappa shape index (κ2) is 5.04. The monoisotopic (exact) mass is 296 g/mol. The second-order valence-electron chi connectivity index (χ2n) is 5.46. The van der Waals surface area contributed by atoms with Crippen molar-refractivity contribution >= 4 is 22.9 Å². The zero-order valence-corrected chi connectivity index (χ0v) is 12.3. The molecule has 1 N–H and O–H groups in total. The van der Waals surface area contributed by atoms with Gasteiger partial charge in [-0.3, -0.25) is 4.79 Å². The van der Waals surface area contributed by atoms with E-state index in [1.165, 1.54) is 4.88 Å². The number of thiophene rings is 1. The summed E-state index contributed by atoms with van der Waals surface area (Å²) < 4.78 is 0. The number of hydrogen-bond acceptors (Lipinski definition) is 3. The molecule has 1 aromatic carbocycles. The Kier molecular flexibility index (Phi) is 3.04. The molecule has 106 valence electrons. The fourth-order valence-electron chi connectivity index (χ4n) is 3.19. The molecule has 2 aromatic rings. The maximum absolute atomic E-state index is 12.4. The number of nitrogens with zero attached hydrogens (tertiary/aromatic N) is 1. The molecule has 1 aliphatic heterocycles. The van der Waals surface area contributed by atoms with Crippen molar-refractivity contribution in [3.8, 4) is 0 Å². The molecule has 1 amide bonds. The van der Waals surface area contributed by atoms with E-state index in [4.69, 9.17) is 0 Å². The standard InChI is InChI=1S/C17H16N2OS/c20-17-13-6-1-2-8-15(13)19(11-12-5-4-10-21-12)16-9-3-7-14(16)18-17/h1-6,8-10,14,16H,7,11H2,(H,18,20)/t14-,16+/m0/s1. The van der Waals surface area contributed by atoms with Gasteiger partial charge in [-0.15, -0.1) is 11.3 Å². The highest BCUT2D eigenvalue weighted by Gasteiger charge is 2.35. The first kappa shape index (κ1) is 12.7. The van der Waals surface area contributed by atoms with E-state index < -0.39 is 0 Å². The highest BCUT2D eigenvalue weighted by atomic mass is 32.1. The molecule has 0 saturated carbocycles. The summed E-state index contributed by atoms with van der Waals surface area (Å²) in [6.45, 7) is 0.842. The van der Waals surface area contributed by atoms with Crippen molar-refractivity contribution in [1.29, 1.82) is 0 Å². The number of anilines is 1. The number of rotatable bonds is 2. The van der Waals surface area contributed by atoms with Gasteiger partial charge in [-0.05, 0) is 30.0 Å². The van der Waals surface area contributed by atoms with Gasteiger partial charge in [0.15, 0.2) is 0 Å². The summed E-state index contributed by atoms with van der Waals surface area (Å²) in [5.41, 5.74) is 1.80. The zero-order chi connectivity index (χ0) is 14.2. The van der Waals surface area contributed by atoms with Crippen LogP contribution in [0.25, 0.3) is 0 Å². The predicted octanol–water partition coefficient (Wildman–Crippen LogP) is 3.20. The van der Waals surface area contributed by atoms with Crippen LogP contribution in [0.4, 0.5) is 5.69 Å². The first-order valence-corrected chi connectivity index (χ1v) is 8.06. The average molecular weight is 296 g/mol. The summed E-state index contributed by atoms with van der Waals surface area (Å²) in [5, 5.41) is 5.27. The lowest BCUT2D eigenvalue weighted by atomic mass is 10.1. The molecule has 1 aromatic heterocycles. The van der Waals surface area contributed by atoms with Gasteiger partial charge in [0, 0.05) is 4.88 Å². The van der Waals surface area contributed by atoms with Crippen molar-refractivity contribution < 1.29 is 4.79 Å². The lowest BCUT2D eigenvalue weighted by molar-refractivity contribution is 0.0941. The van der Waals surface area contributed by atoms with E-state index >= 15 is 0 Å². The third-order valence-electron chi connectivity index (χ3n) is 4.18.